The summed E-state index contributed by atoms with van der Waals surface area (Å²) in [5.41, 5.74) is -0.0756. The third kappa shape index (κ3) is 6.90. The maximum absolute atomic E-state index is 12.3. The van der Waals surface area contributed by atoms with E-state index in [1.165, 1.54) is 0 Å². The number of nitrogens with one attached hydrogen (secondary N) is 1. The highest BCUT2D eigenvalue weighted by atomic mass is 19.4. The van der Waals surface area contributed by atoms with Crippen molar-refractivity contribution in [2.75, 3.05) is 39.9 Å². The SMILES string of the molecule is CN(CCC(F)(F)F)CC1(CNC(C)(C)C)CCOC1. The molecule has 1 aliphatic heterocycles. The molecule has 0 saturated carbocycles. The molecule has 1 N–H and O–H groups in total. The number of ether oxygens (including phenoxy) is 1. The second-order valence-electron chi connectivity index (χ2n) is 7.01. The van der Waals surface area contributed by atoms with Crippen molar-refractivity contribution in [3.63, 3.8) is 0 Å². The molecule has 1 aliphatic rings. The number of hydrogen-bond donors (Lipinski definition) is 1. The van der Waals surface area contributed by atoms with Gasteiger partial charge < -0.3 is 15.0 Å². The molecular formula is C14H27F3N2O. The van der Waals surface area contributed by atoms with Crippen LogP contribution in [0.5, 0.6) is 0 Å². The van der Waals surface area contributed by atoms with Crippen LogP contribution in [-0.4, -0.2) is 56.5 Å². The van der Waals surface area contributed by atoms with Crippen LogP contribution in [0.1, 0.15) is 33.6 Å². The fourth-order valence-electron chi connectivity index (χ4n) is 2.39. The lowest BCUT2D eigenvalue weighted by molar-refractivity contribution is -0.138. The zero-order chi connectivity index (χ0) is 15.4. The van der Waals surface area contributed by atoms with Crippen molar-refractivity contribution in [2.24, 2.45) is 5.41 Å². The molecule has 6 heteroatoms. The first-order chi connectivity index (χ1) is 9.02. The molecule has 1 fully saturated rings. The Bertz CT molecular complexity index is 294. The van der Waals surface area contributed by atoms with E-state index in [9.17, 15) is 13.2 Å². The summed E-state index contributed by atoms with van der Waals surface area (Å²) in [4.78, 5) is 1.77. The van der Waals surface area contributed by atoms with Gasteiger partial charge in [0, 0.05) is 37.2 Å². The van der Waals surface area contributed by atoms with E-state index in [4.69, 9.17) is 4.74 Å². The molecule has 0 spiro atoms. The Hall–Kier alpha value is -0.330. The molecule has 120 valence electrons. The van der Waals surface area contributed by atoms with Crippen LogP contribution in [0.25, 0.3) is 0 Å². The largest absolute Gasteiger partial charge is 0.390 e. The second kappa shape index (κ2) is 6.62. The Kier molecular flexibility index (Phi) is 5.87. The molecule has 3 nitrogen and oxygen atoms in total. The molecule has 0 aliphatic carbocycles. The van der Waals surface area contributed by atoms with Gasteiger partial charge in [0.1, 0.15) is 0 Å². The van der Waals surface area contributed by atoms with Crippen LogP contribution >= 0.6 is 0 Å². The van der Waals surface area contributed by atoms with E-state index in [0.717, 1.165) is 13.0 Å². The van der Waals surface area contributed by atoms with Crippen LogP contribution < -0.4 is 5.32 Å². The van der Waals surface area contributed by atoms with E-state index in [-0.39, 0.29) is 17.5 Å². The van der Waals surface area contributed by atoms with Crippen molar-refractivity contribution in [3.05, 3.63) is 0 Å². The highest BCUT2D eigenvalue weighted by Crippen LogP contribution is 2.30. The number of hydrogen-bond acceptors (Lipinski definition) is 3. The summed E-state index contributed by atoms with van der Waals surface area (Å²) < 4.78 is 42.3. The summed E-state index contributed by atoms with van der Waals surface area (Å²) in [6.45, 7) is 9.02. The summed E-state index contributed by atoms with van der Waals surface area (Å²) in [6, 6.07) is 0. The highest BCUT2D eigenvalue weighted by molar-refractivity contribution is 4.90. The quantitative estimate of drug-likeness (QED) is 0.815. The molecule has 0 amide bonds. The van der Waals surface area contributed by atoms with E-state index < -0.39 is 12.6 Å². The van der Waals surface area contributed by atoms with Crippen molar-refractivity contribution < 1.29 is 17.9 Å². The van der Waals surface area contributed by atoms with E-state index in [1.807, 2.05) is 0 Å². The third-order valence-corrected chi connectivity index (χ3v) is 3.56. The van der Waals surface area contributed by atoms with Crippen molar-refractivity contribution in [2.45, 2.75) is 45.3 Å². The normalized spacial score (nSPS) is 24.6. The van der Waals surface area contributed by atoms with Gasteiger partial charge in [-0.2, -0.15) is 13.2 Å². The number of nitrogens with zero attached hydrogens (tertiary/aromatic N) is 1. The second-order valence-corrected chi connectivity index (χ2v) is 7.01. The van der Waals surface area contributed by atoms with Gasteiger partial charge in [-0.1, -0.05) is 0 Å². The molecule has 1 atom stereocenters. The third-order valence-electron chi connectivity index (χ3n) is 3.56. The molecule has 1 saturated heterocycles. The van der Waals surface area contributed by atoms with Crippen LogP contribution in [0.4, 0.5) is 13.2 Å². The monoisotopic (exact) mass is 296 g/mol. The van der Waals surface area contributed by atoms with E-state index in [2.05, 4.69) is 26.1 Å². The number of rotatable bonds is 6. The zero-order valence-electron chi connectivity index (χ0n) is 12.9. The van der Waals surface area contributed by atoms with Gasteiger partial charge in [0.25, 0.3) is 0 Å². The molecule has 0 radical (unpaired) electrons. The summed E-state index contributed by atoms with van der Waals surface area (Å²) >= 11 is 0. The maximum atomic E-state index is 12.3. The predicted octanol–water partition coefficient (Wildman–Crippen LogP) is 2.67. The summed E-state index contributed by atoms with van der Waals surface area (Å²) in [7, 11) is 1.75. The maximum Gasteiger partial charge on any atom is 0.390 e. The van der Waals surface area contributed by atoms with Gasteiger partial charge in [-0.25, -0.2) is 0 Å². The number of alkyl halides is 3. The van der Waals surface area contributed by atoms with Crippen molar-refractivity contribution in [1.82, 2.24) is 10.2 Å². The topological polar surface area (TPSA) is 24.5 Å². The Morgan fingerprint density at radius 1 is 1.25 bits per heavy atom. The van der Waals surface area contributed by atoms with Gasteiger partial charge in [0.05, 0.1) is 13.0 Å². The van der Waals surface area contributed by atoms with E-state index in [0.29, 0.717) is 19.8 Å². The number of halogens is 3. The fourth-order valence-corrected chi connectivity index (χ4v) is 2.39. The molecule has 0 aromatic rings. The van der Waals surface area contributed by atoms with Gasteiger partial charge in [0.15, 0.2) is 0 Å². The molecule has 1 unspecified atom stereocenters. The van der Waals surface area contributed by atoms with Gasteiger partial charge in [0.2, 0.25) is 0 Å². The average Bonchev–Trinajstić information content (AvgIpc) is 2.71. The highest BCUT2D eigenvalue weighted by Gasteiger charge is 2.37. The molecule has 0 aromatic carbocycles. The molecule has 1 rings (SSSR count). The summed E-state index contributed by atoms with van der Waals surface area (Å²) in [5, 5.41) is 3.45. The van der Waals surface area contributed by atoms with Crippen molar-refractivity contribution >= 4 is 0 Å². The average molecular weight is 296 g/mol. The molecule has 1 heterocycles. The first-order valence-corrected chi connectivity index (χ1v) is 7.10. The Labute approximate surface area is 119 Å². The Morgan fingerprint density at radius 3 is 2.35 bits per heavy atom. The summed E-state index contributed by atoms with van der Waals surface area (Å²) in [5.74, 6) is 0. The predicted molar refractivity (Wildman–Crippen MR) is 73.8 cm³/mol. The zero-order valence-corrected chi connectivity index (χ0v) is 12.9. The van der Waals surface area contributed by atoms with Gasteiger partial charge in [-0.05, 0) is 34.2 Å². The van der Waals surface area contributed by atoms with Crippen molar-refractivity contribution in [3.8, 4) is 0 Å². The molecular weight excluding hydrogens is 269 g/mol. The van der Waals surface area contributed by atoms with E-state index >= 15 is 0 Å². The minimum atomic E-state index is -4.09. The van der Waals surface area contributed by atoms with E-state index in [1.54, 1.807) is 11.9 Å². The smallest absolute Gasteiger partial charge is 0.381 e. The first-order valence-electron chi connectivity index (χ1n) is 7.10. The molecule has 0 bridgehead atoms. The van der Waals surface area contributed by atoms with Crippen molar-refractivity contribution in [1.29, 1.82) is 0 Å². The molecule has 20 heavy (non-hydrogen) atoms. The lowest BCUT2D eigenvalue weighted by Crippen LogP contribution is -2.49. The first kappa shape index (κ1) is 17.7. The van der Waals surface area contributed by atoms with Crippen LogP contribution in [0.15, 0.2) is 0 Å². The fraction of sp³-hybridized carbons (Fsp3) is 1.00. The summed E-state index contributed by atoms with van der Waals surface area (Å²) in [6.07, 6.45) is -3.95. The minimum Gasteiger partial charge on any atom is -0.381 e. The van der Waals surface area contributed by atoms with Gasteiger partial charge in [-0.15, -0.1) is 0 Å². The van der Waals surface area contributed by atoms with Crippen LogP contribution in [0, 0.1) is 5.41 Å². The van der Waals surface area contributed by atoms with Gasteiger partial charge >= 0.3 is 6.18 Å². The standard InChI is InChI=1S/C14H27F3N2O/c1-12(2,3)18-9-13(6-8-20-11-13)10-19(4)7-5-14(15,16)17/h18H,5-11H2,1-4H3. The Morgan fingerprint density at radius 2 is 1.90 bits per heavy atom. The lowest BCUT2D eigenvalue weighted by atomic mass is 9.85. The lowest BCUT2D eigenvalue weighted by Gasteiger charge is -2.35. The molecule has 0 aromatic heterocycles. The van der Waals surface area contributed by atoms with Gasteiger partial charge in [-0.3, -0.25) is 0 Å². The van der Waals surface area contributed by atoms with Crippen LogP contribution in [-0.2, 0) is 4.74 Å². The Balaban J connectivity index is 2.49. The van der Waals surface area contributed by atoms with Crippen LogP contribution in [0.3, 0.4) is 0 Å². The minimum absolute atomic E-state index is 0.000130. The van der Waals surface area contributed by atoms with Crippen LogP contribution in [0.2, 0.25) is 0 Å².